The zero-order valence-corrected chi connectivity index (χ0v) is 18.9. The molecule has 0 aliphatic rings. The SMILES string of the molecule is CC(=O)SCCOP(=O)(COCCn1cnc2c(=O)[nH]c(N)nc21)OCSC(C)=O. The molecule has 0 saturated heterocycles. The quantitative estimate of drug-likeness (QED) is 0.255. The number of hydrogen-bond acceptors (Lipinski definition) is 12. The van der Waals surface area contributed by atoms with Gasteiger partial charge in [0.1, 0.15) is 12.3 Å². The van der Waals surface area contributed by atoms with E-state index in [4.69, 9.17) is 19.5 Å². The summed E-state index contributed by atoms with van der Waals surface area (Å²) < 4.78 is 30.4. The molecule has 15 heteroatoms. The van der Waals surface area contributed by atoms with Gasteiger partial charge >= 0.3 is 7.60 Å². The monoisotopic (exact) mass is 479 g/mol. The second kappa shape index (κ2) is 11.6. The van der Waals surface area contributed by atoms with E-state index in [0.717, 1.165) is 23.5 Å². The fourth-order valence-corrected chi connectivity index (χ4v) is 4.68. The summed E-state index contributed by atoms with van der Waals surface area (Å²) in [5, 5.41) is -0.276. The van der Waals surface area contributed by atoms with Crippen LogP contribution in [0, 0.1) is 0 Å². The Balaban J connectivity index is 1.90. The maximum atomic E-state index is 12.8. The van der Waals surface area contributed by atoms with Crippen molar-refractivity contribution >= 4 is 58.5 Å². The van der Waals surface area contributed by atoms with E-state index >= 15 is 0 Å². The molecule has 0 saturated carbocycles. The minimum Gasteiger partial charge on any atom is -0.369 e. The molecule has 0 radical (unpaired) electrons. The van der Waals surface area contributed by atoms with Crippen LogP contribution in [0.4, 0.5) is 5.95 Å². The Hall–Kier alpha value is -1.70. The van der Waals surface area contributed by atoms with Gasteiger partial charge in [-0.05, 0) is 0 Å². The number of nitrogen functional groups attached to an aromatic ring is 1. The number of nitrogens with zero attached hydrogens (tertiary/aromatic N) is 3. The van der Waals surface area contributed by atoms with Gasteiger partial charge in [-0.25, -0.2) is 4.98 Å². The molecule has 0 aliphatic carbocycles. The normalized spacial score (nSPS) is 13.4. The lowest BCUT2D eigenvalue weighted by atomic mass is 10.5. The topological polar surface area (TPSA) is 168 Å². The van der Waals surface area contributed by atoms with E-state index in [1.165, 1.54) is 20.2 Å². The highest BCUT2D eigenvalue weighted by atomic mass is 32.2. The molecule has 166 valence electrons. The number of anilines is 1. The number of aromatic nitrogens is 4. The molecule has 1 unspecified atom stereocenters. The third-order valence-corrected chi connectivity index (χ3v) is 6.60. The number of hydrogen-bond donors (Lipinski definition) is 2. The highest BCUT2D eigenvalue weighted by Crippen LogP contribution is 2.48. The summed E-state index contributed by atoms with van der Waals surface area (Å²) in [6, 6.07) is 0. The standard InChI is InChI=1S/C15H22N5O7PS2/c1-10(21)29-6-5-26-28(24,27-9-30-11(2)22)8-25-4-3-20-7-17-12-13(20)18-15(16)19-14(12)23/h7H,3-6,8-9H2,1-2H3,(H3,16,18,19,23). The first kappa shape index (κ1) is 24.6. The van der Waals surface area contributed by atoms with Crippen molar-refractivity contribution in [1.82, 2.24) is 19.5 Å². The minimum atomic E-state index is -3.64. The van der Waals surface area contributed by atoms with Gasteiger partial charge in [-0.15, -0.1) is 0 Å². The maximum Gasteiger partial charge on any atom is 0.356 e. The van der Waals surface area contributed by atoms with Crippen molar-refractivity contribution in [2.24, 2.45) is 0 Å². The van der Waals surface area contributed by atoms with E-state index in [2.05, 4.69) is 15.0 Å². The molecule has 0 amide bonds. The average Bonchev–Trinajstić information content (AvgIpc) is 3.05. The van der Waals surface area contributed by atoms with Crippen LogP contribution in [0.1, 0.15) is 13.8 Å². The number of nitrogens with one attached hydrogen (secondary N) is 1. The van der Waals surface area contributed by atoms with Crippen molar-refractivity contribution in [3.8, 4) is 0 Å². The summed E-state index contributed by atoms with van der Waals surface area (Å²) in [4.78, 5) is 44.2. The average molecular weight is 479 g/mol. The smallest absolute Gasteiger partial charge is 0.356 e. The molecular weight excluding hydrogens is 457 g/mol. The molecule has 3 N–H and O–H groups in total. The third kappa shape index (κ3) is 7.85. The first-order valence-corrected chi connectivity index (χ1v) is 12.3. The lowest BCUT2D eigenvalue weighted by Crippen LogP contribution is -2.13. The minimum absolute atomic E-state index is 0.0216. The number of carbonyl (C=O) groups is 2. The largest absolute Gasteiger partial charge is 0.369 e. The van der Waals surface area contributed by atoms with Gasteiger partial charge in [0.05, 0.1) is 19.5 Å². The molecular formula is C15H22N5O7PS2. The molecule has 0 aliphatic heterocycles. The number of ether oxygens (including phenoxy) is 1. The number of aromatic amines is 1. The van der Waals surface area contributed by atoms with Gasteiger partial charge in [-0.1, -0.05) is 23.5 Å². The molecule has 0 aromatic carbocycles. The number of rotatable bonds is 12. The predicted octanol–water partition coefficient (Wildman–Crippen LogP) is 1.42. The van der Waals surface area contributed by atoms with Crippen molar-refractivity contribution in [3.63, 3.8) is 0 Å². The van der Waals surface area contributed by atoms with Crippen molar-refractivity contribution in [2.45, 2.75) is 20.4 Å². The summed E-state index contributed by atoms with van der Waals surface area (Å²) in [7, 11) is -3.64. The Labute approximate surface area is 180 Å². The van der Waals surface area contributed by atoms with Crippen LogP contribution in [0.5, 0.6) is 0 Å². The van der Waals surface area contributed by atoms with Crippen LogP contribution in [0.15, 0.2) is 11.1 Å². The zero-order valence-electron chi connectivity index (χ0n) is 16.4. The van der Waals surface area contributed by atoms with Crippen LogP contribution in [0.2, 0.25) is 0 Å². The molecule has 0 spiro atoms. The molecule has 30 heavy (non-hydrogen) atoms. The second-order valence-corrected chi connectivity index (χ2v) is 10.1. The van der Waals surface area contributed by atoms with Crippen molar-refractivity contribution < 1.29 is 27.9 Å². The molecule has 2 rings (SSSR count). The highest BCUT2D eigenvalue weighted by Gasteiger charge is 2.25. The molecule has 2 heterocycles. The zero-order chi connectivity index (χ0) is 22.1. The Bertz CT molecular complexity index is 995. The van der Waals surface area contributed by atoms with Crippen LogP contribution in [0.3, 0.4) is 0 Å². The summed E-state index contributed by atoms with van der Waals surface area (Å²) in [6.45, 7) is 3.16. The van der Waals surface area contributed by atoms with Gasteiger partial charge < -0.3 is 19.6 Å². The van der Waals surface area contributed by atoms with E-state index in [1.54, 1.807) is 4.57 Å². The van der Waals surface area contributed by atoms with Crippen LogP contribution in [-0.4, -0.2) is 61.0 Å². The van der Waals surface area contributed by atoms with E-state index in [-0.39, 0.29) is 53.7 Å². The number of imidazole rings is 1. The van der Waals surface area contributed by atoms with Crippen molar-refractivity contribution in [1.29, 1.82) is 0 Å². The summed E-state index contributed by atoms with van der Waals surface area (Å²) in [6.07, 6.45) is 1.07. The lowest BCUT2D eigenvalue weighted by molar-refractivity contribution is -0.110. The fourth-order valence-electron chi connectivity index (χ4n) is 2.14. The van der Waals surface area contributed by atoms with Crippen molar-refractivity contribution in [2.75, 3.05) is 37.0 Å². The molecule has 1 atom stereocenters. The molecule has 2 aromatic heterocycles. The van der Waals surface area contributed by atoms with Crippen LogP contribution >= 0.6 is 31.1 Å². The predicted molar refractivity (Wildman–Crippen MR) is 114 cm³/mol. The maximum absolute atomic E-state index is 12.8. The number of nitrogens with two attached hydrogens (primary N) is 1. The molecule has 0 fully saturated rings. The Morgan fingerprint density at radius 2 is 1.97 bits per heavy atom. The molecule has 12 nitrogen and oxygen atoms in total. The van der Waals surface area contributed by atoms with E-state index in [1.807, 2.05) is 0 Å². The highest BCUT2D eigenvalue weighted by molar-refractivity contribution is 8.13. The van der Waals surface area contributed by atoms with Crippen LogP contribution in [-0.2, 0) is 34.5 Å². The summed E-state index contributed by atoms with van der Waals surface area (Å²) in [5.41, 5.74) is 5.55. The van der Waals surface area contributed by atoms with E-state index in [9.17, 15) is 18.9 Å². The van der Waals surface area contributed by atoms with Gasteiger partial charge in [-0.2, -0.15) is 4.98 Å². The first-order chi connectivity index (χ1) is 14.2. The number of H-pyrrole nitrogens is 1. The number of thioether (sulfide) groups is 2. The van der Waals surface area contributed by atoms with Crippen molar-refractivity contribution in [3.05, 3.63) is 16.7 Å². The Morgan fingerprint density at radius 1 is 1.23 bits per heavy atom. The van der Waals surface area contributed by atoms with E-state index < -0.39 is 13.2 Å². The number of fused-ring (bicyclic) bond motifs is 1. The second-order valence-electron chi connectivity index (χ2n) is 5.77. The van der Waals surface area contributed by atoms with Crippen LogP contribution < -0.4 is 11.3 Å². The summed E-state index contributed by atoms with van der Waals surface area (Å²) >= 11 is 1.88. The Morgan fingerprint density at radius 3 is 2.67 bits per heavy atom. The van der Waals surface area contributed by atoms with Gasteiger partial charge in [-0.3, -0.25) is 28.5 Å². The molecule has 0 bridgehead atoms. The van der Waals surface area contributed by atoms with Gasteiger partial charge in [0.15, 0.2) is 21.4 Å². The van der Waals surface area contributed by atoms with Gasteiger partial charge in [0, 0.05) is 26.1 Å². The first-order valence-electron chi connectivity index (χ1n) is 8.63. The Kier molecular flexibility index (Phi) is 9.52. The van der Waals surface area contributed by atoms with Crippen LogP contribution in [0.25, 0.3) is 11.2 Å². The number of carbonyl (C=O) groups excluding carboxylic acids is 2. The summed E-state index contributed by atoms with van der Waals surface area (Å²) in [5.74, 6) is 0.131. The van der Waals surface area contributed by atoms with E-state index in [0.29, 0.717) is 11.4 Å². The third-order valence-electron chi connectivity index (χ3n) is 3.41. The fraction of sp³-hybridized carbons (Fsp3) is 0.533. The van der Waals surface area contributed by atoms with Gasteiger partial charge in [0.25, 0.3) is 5.56 Å². The lowest BCUT2D eigenvalue weighted by Gasteiger charge is -2.18. The van der Waals surface area contributed by atoms with Gasteiger partial charge in [0.2, 0.25) is 5.95 Å². The molecule has 2 aromatic rings.